The summed E-state index contributed by atoms with van der Waals surface area (Å²) in [4.78, 5) is 28.7. The third kappa shape index (κ3) is 7.27. The van der Waals surface area contributed by atoms with Crippen molar-refractivity contribution < 1.29 is 14.0 Å². The molecule has 0 aliphatic rings. The van der Waals surface area contributed by atoms with Crippen LogP contribution in [0.3, 0.4) is 0 Å². The van der Waals surface area contributed by atoms with Crippen molar-refractivity contribution in [3.05, 3.63) is 107 Å². The number of hydrogen-bond donors (Lipinski definition) is 1. The summed E-state index contributed by atoms with van der Waals surface area (Å²) >= 11 is 0. The first-order chi connectivity index (χ1) is 16.3. The minimum Gasteiger partial charge on any atom is -0.354 e. The maximum Gasteiger partial charge on any atom is 0.243 e. The standard InChI is InChI=1S/C29H33FN2O2/c1-21(2)19-31-29(34)27(17-23-10-5-4-6-11-23)32(20-25-12-8-7-9-22(25)3)28(33)18-24-13-15-26(30)16-14-24/h4-16,21,27H,17-20H2,1-3H3,(H,31,34)/t27-/m1/s1. The summed E-state index contributed by atoms with van der Waals surface area (Å²) in [7, 11) is 0. The number of aryl methyl sites for hydroxylation is 1. The quantitative estimate of drug-likeness (QED) is 0.458. The van der Waals surface area contributed by atoms with Crippen LogP contribution in [0.15, 0.2) is 78.9 Å². The van der Waals surface area contributed by atoms with E-state index in [-0.39, 0.29) is 24.1 Å². The molecule has 1 atom stereocenters. The summed E-state index contributed by atoms with van der Waals surface area (Å²) in [5.41, 5.74) is 3.74. The third-order valence-corrected chi connectivity index (χ3v) is 5.83. The predicted molar refractivity (Wildman–Crippen MR) is 134 cm³/mol. The molecule has 5 heteroatoms. The molecule has 0 heterocycles. The summed E-state index contributed by atoms with van der Waals surface area (Å²) in [6, 6.07) is 22.9. The molecular weight excluding hydrogens is 427 g/mol. The summed E-state index contributed by atoms with van der Waals surface area (Å²) < 4.78 is 13.4. The Bertz CT molecular complexity index is 1080. The Hall–Kier alpha value is -3.47. The molecule has 0 saturated carbocycles. The van der Waals surface area contributed by atoms with Crippen molar-refractivity contribution in [3.63, 3.8) is 0 Å². The summed E-state index contributed by atoms with van der Waals surface area (Å²) in [5.74, 6) is -0.391. The highest BCUT2D eigenvalue weighted by atomic mass is 19.1. The van der Waals surface area contributed by atoms with Crippen molar-refractivity contribution in [3.8, 4) is 0 Å². The van der Waals surface area contributed by atoms with E-state index >= 15 is 0 Å². The van der Waals surface area contributed by atoms with Gasteiger partial charge in [0.1, 0.15) is 11.9 Å². The highest BCUT2D eigenvalue weighted by Gasteiger charge is 2.30. The lowest BCUT2D eigenvalue weighted by molar-refractivity contribution is -0.140. The Morgan fingerprint density at radius 3 is 2.18 bits per heavy atom. The molecule has 34 heavy (non-hydrogen) atoms. The average molecular weight is 461 g/mol. The van der Waals surface area contributed by atoms with Gasteiger partial charge >= 0.3 is 0 Å². The Morgan fingerprint density at radius 2 is 1.53 bits per heavy atom. The number of carbonyl (C=O) groups is 2. The lowest BCUT2D eigenvalue weighted by Gasteiger charge is -2.32. The van der Waals surface area contributed by atoms with Crippen LogP contribution in [-0.4, -0.2) is 29.3 Å². The molecule has 1 N–H and O–H groups in total. The molecule has 0 spiro atoms. The molecule has 178 valence electrons. The van der Waals surface area contributed by atoms with Crippen LogP contribution in [0.5, 0.6) is 0 Å². The van der Waals surface area contributed by atoms with E-state index in [0.717, 1.165) is 16.7 Å². The first-order valence-corrected chi connectivity index (χ1v) is 11.7. The van der Waals surface area contributed by atoms with Crippen LogP contribution in [0, 0.1) is 18.7 Å². The Morgan fingerprint density at radius 1 is 0.882 bits per heavy atom. The fraction of sp³-hybridized carbons (Fsp3) is 0.310. The third-order valence-electron chi connectivity index (χ3n) is 5.83. The molecule has 0 aliphatic carbocycles. The monoisotopic (exact) mass is 460 g/mol. The van der Waals surface area contributed by atoms with Crippen molar-refractivity contribution in [1.82, 2.24) is 10.2 Å². The SMILES string of the molecule is Cc1ccccc1CN(C(=O)Cc1ccc(F)cc1)[C@H](Cc1ccccc1)C(=O)NCC(C)C. The van der Waals surface area contributed by atoms with Crippen LogP contribution in [0.1, 0.15) is 36.1 Å². The molecule has 3 aromatic carbocycles. The highest BCUT2D eigenvalue weighted by Crippen LogP contribution is 2.18. The van der Waals surface area contributed by atoms with Crippen molar-refractivity contribution in [1.29, 1.82) is 0 Å². The molecule has 3 rings (SSSR count). The van der Waals surface area contributed by atoms with Crippen molar-refractivity contribution in [2.75, 3.05) is 6.54 Å². The zero-order valence-electron chi connectivity index (χ0n) is 20.1. The molecule has 3 aromatic rings. The van der Waals surface area contributed by atoms with E-state index in [2.05, 4.69) is 5.32 Å². The van der Waals surface area contributed by atoms with E-state index < -0.39 is 6.04 Å². The van der Waals surface area contributed by atoms with Crippen molar-refractivity contribution in [2.24, 2.45) is 5.92 Å². The lowest BCUT2D eigenvalue weighted by atomic mass is 10.00. The second-order valence-corrected chi connectivity index (χ2v) is 9.10. The van der Waals surface area contributed by atoms with E-state index in [0.29, 0.717) is 31.0 Å². The van der Waals surface area contributed by atoms with E-state index in [1.165, 1.54) is 12.1 Å². The Kier molecular flexibility index (Phi) is 8.97. The number of rotatable bonds is 10. The van der Waals surface area contributed by atoms with Crippen LogP contribution in [0.4, 0.5) is 4.39 Å². The van der Waals surface area contributed by atoms with Crippen LogP contribution in [-0.2, 0) is 29.0 Å². The zero-order valence-corrected chi connectivity index (χ0v) is 20.1. The van der Waals surface area contributed by atoms with Crippen LogP contribution in [0.2, 0.25) is 0 Å². The number of halogens is 1. The number of benzene rings is 3. The smallest absolute Gasteiger partial charge is 0.243 e. The van der Waals surface area contributed by atoms with Gasteiger partial charge in [-0.25, -0.2) is 4.39 Å². The van der Waals surface area contributed by atoms with Gasteiger partial charge < -0.3 is 10.2 Å². The summed E-state index contributed by atoms with van der Waals surface area (Å²) in [5, 5.41) is 3.03. The Labute approximate surface area is 201 Å². The van der Waals surface area contributed by atoms with Gasteiger partial charge in [-0.1, -0.05) is 80.6 Å². The second kappa shape index (κ2) is 12.1. The highest BCUT2D eigenvalue weighted by molar-refractivity contribution is 5.88. The molecule has 0 unspecified atom stereocenters. The van der Waals surface area contributed by atoms with Crippen molar-refractivity contribution in [2.45, 2.75) is 46.2 Å². The molecule has 2 amide bonds. The number of hydrogen-bond acceptors (Lipinski definition) is 2. The molecule has 0 saturated heterocycles. The van der Waals surface area contributed by atoms with Gasteiger partial charge in [0.05, 0.1) is 6.42 Å². The fourth-order valence-electron chi connectivity index (χ4n) is 3.83. The van der Waals surface area contributed by atoms with Gasteiger partial charge in [0.25, 0.3) is 0 Å². The second-order valence-electron chi connectivity index (χ2n) is 9.10. The average Bonchev–Trinajstić information content (AvgIpc) is 2.83. The zero-order chi connectivity index (χ0) is 24.5. The number of carbonyl (C=O) groups excluding carboxylic acids is 2. The van der Waals surface area contributed by atoms with Crippen LogP contribution < -0.4 is 5.32 Å². The van der Waals surface area contributed by atoms with Crippen LogP contribution >= 0.6 is 0 Å². The summed E-state index contributed by atoms with van der Waals surface area (Å²) in [6.45, 7) is 6.94. The molecule has 0 fully saturated rings. The fourth-order valence-corrected chi connectivity index (χ4v) is 3.83. The minimum atomic E-state index is -0.672. The van der Waals surface area contributed by atoms with Gasteiger partial charge in [0.15, 0.2) is 0 Å². The largest absolute Gasteiger partial charge is 0.354 e. The molecule has 0 aromatic heterocycles. The van der Waals surface area contributed by atoms with Gasteiger partial charge in [-0.3, -0.25) is 9.59 Å². The van der Waals surface area contributed by atoms with E-state index in [1.807, 2.05) is 75.4 Å². The molecule has 0 bridgehead atoms. The van der Waals surface area contributed by atoms with Gasteiger partial charge in [-0.2, -0.15) is 0 Å². The number of nitrogens with zero attached hydrogens (tertiary/aromatic N) is 1. The number of nitrogens with one attached hydrogen (secondary N) is 1. The lowest BCUT2D eigenvalue weighted by Crippen LogP contribution is -2.51. The predicted octanol–water partition coefficient (Wildman–Crippen LogP) is 5.09. The number of amides is 2. The normalized spacial score (nSPS) is 11.8. The maximum absolute atomic E-state index is 13.6. The van der Waals surface area contributed by atoms with Crippen molar-refractivity contribution >= 4 is 11.8 Å². The first-order valence-electron chi connectivity index (χ1n) is 11.7. The van der Waals surface area contributed by atoms with Crippen LogP contribution in [0.25, 0.3) is 0 Å². The molecular formula is C29H33FN2O2. The van der Waals surface area contributed by atoms with E-state index in [4.69, 9.17) is 0 Å². The molecule has 4 nitrogen and oxygen atoms in total. The molecule has 0 aliphatic heterocycles. The van der Waals surface area contributed by atoms with Gasteiger partial charge in [0.2, 0.25) is 11.8 Å². The maximum atomic E-state index is 13.6. The van der Waals surface area contributed by atoms with Gasteiger partial charge in [0, 0.05) is 19.5 Å². The first kappa shape index (κ1) is 25.2. The minimum absolute atomic E-state index is 0.0922. The van der Waals surface area contributed by atoms with Gasteiger partial charge in [-0.05, 0) is 47.2 Å². The van der Waals surface area contributed by atoms with E-state index in [9.17, 15) is 14.0 Å². The van der Waals surface area contributed by atoms with E-state index in [1.54, 1.807) is 17.0 Å². The topological polar surface area (TPSA) is 49.4 Å². The van der Waals surface area contributed by atoms with Gasteiger partial charge in [-0.15, -0.1) is 0 Å². The molecule has 0 radical (unpaired) electrons. The summed E-state index contributed by atoms with van der Waals surface area (Å²) in [6.07, 6.45) is 0.501. The Balaban J connectivity index is 1.96.